The largest absolute Gasteiger partial charge is 0.337 e. The van der Waals surface area contributed by atoms with Crippen LogP contribution in [0, 0.1) is 19.8 Å². The number of nitrogens with zero attached hydrogens (tertiary/aromatic N) is 3. The summed E-state index contributed by atoms with van der Waals surface area (Å²) < 4.78 is 5.16. The molecular weight excluding hydrogens is 228 g/mol. The summed E-state index contributed by atoms with van der Waals surface area (Å²) in [5.74, 6) is 1.13. The monoisotopic (exact) mass is 246 g/mol. The van der Waals surface area contributed by atoms with Crippen molar-refractivity contribution in [2.24, 2.45) is 5.92 Å². The Balaban J connectivity index is 2.18. The molecule has 0 saturated carbocycles. The predicted octanol–water partition coefficient (Wildman–Crippen LogP) is 2.82. The molecule has 5 heteroatoms. The second-order valence-electron chi connectivity index (χ2n) is 4.84. The number of rotatable bonds is 4. The molecule has 2 aromatic rings. The van der Waals surface area contributed by atoms with Gasteiger partial charge >= 0.3 is 6.01 Å². The Labute approximate surface area is 107 Å². The van der Waals surface area contributed by atoms with Crippen molar-refractivity contribution in [3.63, 3.8) is 0 Å². The van der Waals surface area contributed by atoms with Gasteiger partial charge in [0.25, 0.3) is 0 Å². The molecule has 2 aromatic heterocycles. The highest BCUT2D eigenvalue weighted by molar-refractivity contribution is 5.56. The van der Waals surface area contributed by atoms with E-state index >= 15 is 0 Å². The number of hydrogen-bond acceptors (Lipinski definition) is 5. The quantitative estimate of drug-likeness (QED) is 0.898. The third-order valence-electron chi connectivity index (χ3n) is 2.43. The van der Waals surface area contributed by atoms with Crippen molar-refractivity contribution in [1.82, 2.24) is 15.1 Å². The van der Waals surface area contributed by atoms with Gasteiger partial charge in [-0.1, -0.05) is 19.0 Å². The summed E-state index contributed by atoms with van der Waals surface area (Å²) >= 11 is 0. The molecule has 0 aliphatic carbocycles. The molecule has 0 bridgehead atoms. The molecule has 0 atom stereocenters. The highest BCUT2D eigenvalue weighted by atomic mass is 16.5. The fourth-order valence-electron chi connectivity index (χ4n) is 1.67. The van der Waals surface area contributed by atoms with Gasteiger partial charge in [-0.15, -0.1) is 0 Å². The lowest BCUT2D eigenvalue weighted by atomic mass is 10.2. The van der Waals surface area contributed by atoms with E-state index < -0.39 is 0 Å². The highest BCUT2D eigenvalue weighted by Crippen LogP contribution is 2.19. The zero-order chi connectivity index (χ0) is 13.1. The maximum Gasteiger partial charge on any atom is 0.321 e. The average molecular weight is 246 g/mol. The molecule has 0 unspecified atom stereocenters. The van der Waals surface area contributed by atoms with E-state index in [4.69, 9.17) is 4.52 Å². The van der Waals surface area contributed by atoms with Crippen LogP contribution in [-0.2, 0) is 0 Å². The highest BCUT2D eigenvalue weighted by Gasteiger charge is 2.09. The second kappa shape index (κ2) is 5.16. The standard InChI is InChI=1S/C13H18N4O/c1-8(2)7-14-13-16-12(17-18-13)11-5-9(3)15-10(4)6-11/h5-6,8H,7H2,1-4H3,(H,14,16,17). The van der Waals surface area contributed by atoms with Crippen LogP contribution in [0.4, 0.5) is 6.01 Å². The van der Waals surface area contributed by atoms with Crippen molar-refractivity contribution in [3.05, 3.63) is 23.5 Å². The van der Waals surface area contributed by atoms with E-state index in [1.807, 2.05) is 26.0 Å². The smallest absolute Gasteiger partial charge is 0.321 e. The summed E-state index contributed by atoms with van der Waals surface area (Å²) in [5, 5.41) is 7.08. The molecule has 2 rings (SSSR count). The first-order valence-corrected chi connectivity index (χ1v) is 6.08. The average Bonchev–Trinajstić information content (AvgIpc) is 2.73. The summed E-state index contributed by atoms with van der Waals surface area (Å²) in [6, 6.07) is 4.36. The van der Waals surface area contributed by atoms with E-state index in [9.17, 15) is 0 Å². The van der Waals surface area contributed by atoms with Gasteiger partial charge in [0, 0.05) is 23.5 Å². The number of pyridine rings is 1. The lowest BCUT2D eigenvalue weighted by Crippen LogP contribution is -2.07. The van der Waals surface area contributed by atoms with Crippen molar-refractivity contribution in [2.45, 2.75) is 27.7 Å². The van der Waals surface area contributed by atoms with Crippen LogP contribution in [0.1, 0.15) is 25.2 Å². The van der Waals surface area contributed by atoms with Crippen molar-refractivity contribution in [3.8, 4) is 11.4 Å². The molecule has 0 amide bonds. The Bertz CT molecular complexity index is 513. The third kappa shape index (κ3) is 3.06. The zero-order valence-corrected chi connectivity index (χ0v) is 11.2. The van der Waals surface area contributed by atoms with Gasteiger partial charge in [0.1, 0.15) is 0 Å². The Morgan fingerprint density at radius 1 is 1.17 bits per heavy atom. The number of aryl methyl sites for hydroxylation is 2. The van der Waals surface area contributed by atoms with E-state index in [0.29, 0.717) is 17.8 Å². The summed E-state index contributed by atoms with van der Waals surface area (Å²) in [6.07, 6.45) is 0. The van der Waals surface area contributed by atoms with Gasteiger partial charge in [-0.05, 0) is 31.9 Å². The van der Waals surface area contributed by atoms with Gasteiger partial charge in [0.05, 0.1) is 0 Å². The molecule has 18 heavy (non-hydrogen) atoms. The Morgan fingerprint density at radius 3 is 2.44 bits per heavy atom. The van der Waals surface area contributed by atoms with Crippen LogP contribution in [0.25, 0.3) is 11.4 Å². The van der Waals surface area contributed by atoms with E-state index in [-0.39, 0.29) is 0 Å². The molecule has 0 aromatic carbocycles. The minimum absolute atomic E-state index is 0.464. The summed E-state index contributed by atoms with van der Waals surface area (Å²) in [4.78, 5) is 8.64. The van der Waals surface area contributed by atoms with Crippen molar-refractivity contribution in [2.75, 3.05) is 11.9 Å². The second-order valence-corrected chi connectivity index (χ2v) is 4.84. The van der Waals surface area contributed by atoms with Gasteiger partial charge in [0.2, 0.25) is 5.82 Å². The van der Waals surface area contributed by atoms with Crippen LogP contribution in [0.5, 0.6) is 0 Å². The molecule has 0 aliphatic heterocycles. The number of aromatic nitrogens is 3. The van der Waals surface area contributed by atoms with Crippen molar-refractivity contribution < 1.29 is 4.52 Å². The molecular formula is C13H18N4O. The van der Waals surface area contributed by atoms with Crippen LogP contribution in [0.15, 0.2) is 16.7 Å². The molecule has 1 N–H and O–H groups in total. The van der Waals surface area contributed by atoms with Crippen molar-refractivity contribution >= 4 is 6.01 Å². The minimum atomic E-state index is 0.464. The van der Waals surface area contributed by atoms with E-state index in [0.717, 1.165) is 23.5 Å². The van der Waals surface area contributed by atoms with Crippen LogP contribution in [0.2, 0.25) is 0 Å². The summed E-state index contributed by atoms with van der Waals surface area (Å²) in [6.45, 7) is 8.97. The Kier molecular flexibility index (Phi) is 3.60. The summed E-state index contributed by atoms with van der Waals surface area (Å²) in [7, 11) is 0. The number of nitrogens with one attached hydrogen (secondary N) is 1. The van der Waals surface area contributed by atoms with Gasteiger partial charge in [-0.25, -0.2) is 0 Å². The van der Waals surface area contributed by atoms with Crippen molar-refractivity contribution in [1.29, 1.82) is 0 Å². The maximum absolute atomic E-state index is 5.16. The van der Waals surface area contributed by atoms with Gasteiger partial charge < -0.3 is 9.84 Å². The van der Waals surface area contributed by atoms with Crippen LogP contribution < -0.4 is 5.32 Å². The molecule has 0 aliphatic rings. The van der Waals surface area contributed by atoms with Crippen LogP contribution >= 0.6 is 0 Å². The topological polar surface area (TPSA) is 63.8 Å². The fourth-order valence-corrected chi connectivity index (χ4v) is 1.67. The normalized spacial score (nSPS) is 10.9. The maximum atomic E-state index is 5.16. The first kappa shape index (κ1) is 12.5. The number of hydrogen-bond donors (Lipinski definition) is 1. The molecule has 0 radical (unpaired) electrons. The van der Waals surface area contributed by atoms with Crippen LogP contribution in [-0.4, -0.2) is 21.7 Å². The first-order chi connectivity index (χ1) is 8.54. The van der Waals surface area contributed by atoms with Gasteiger partial charge in [-0.2, -0.15) is 4.98 Å². The Morgan fingerprint density at radius 2 is 1.83 bits per heavy atom. The van der Waals surface area contributed by atoms with E-state index in [2.05, 4.69) is 34.3 Å². The Hall–Kier alpha value is -1.91. The van der Waals surface area contributed by atoms with Gasteiger partial charge in [0.15, 0.2) is 0 Å². The third-order valence-corrected chi connectivity index (χ3v) is 2.43. The fraction of sp³-hybridized carbons (Fsp3) is 0.462. The lowest BCUT2D eigenvalue weighted by Gasteiger charge is -2.02. The first-order valence-electron chi connectivity index (χ1n) is 6.08. The van der Waals surface area contributed by atoms with E-state index in [1.165, 1.54) is 0 Å². The SMILES string of the molecule is Cc1cc(-c2noc(NCC(C)C)n2)cc(C)n1. The van der Waals surface area contributed by atoms with Gasteiger partial charge in [-0.3, -0.25) is 4.98 Å². The van der Waals surface area contributed by atoms with Crippen LogP contribution in [0.3, 0.4) is 0 Å². The molecule has 5 nitrogen and oxygen atoms in total. The summed E-state index contributed by atoms with van der Waals surface area (Å²) in [5.41, 5.74) is 2.83. The molecule has 2 heterocycles. The molecule has 0 spiro atoms. The lowest BCUT2D eigenvalue weighted by molar-refractivity contribution is 0.429. The predicted molar refractivity (Wildman–Crippen MR) is 70.3 cm³/mol. The zero-order valence-electron chi connectivity index (χ0n) is 11.2. The minimum Gasteiger partial charge on any atom is -0.337 e. The molecule has 0 saturated heterocycles. The number of anilines is 1. The molecule has 96 valence electrons. The van der Waals surface area contributed by atoms with E-state index in [1.54, 1.807) is 0 Å². The molecule has 0 fully saturated rings.